The van der Waals surface area contributed by atoms with Gasteiger partial charge >= 0.3 is 0 Å². The number of phenolic OH excluding ortho intramolecular Hbond substituents is 1. The molecule has 0 fully saturated rings. The summed E-state index contributed by atoms with van der Waals surface area (Å²) in [7, 11) is 2.06. The molecule has 1 heterocycles. The van der Waals surface area contributed by atoms with Crippen LogP contribution < -0.4 is 5.32 Å². The van der Waals surface area contributed by atoms with E-state index in [1.165, 1.54) is 0 Å². The number of hydrogen-bond acceptors (Lipinski definition) is 4. The van der Waals surface area contributed by atoms with E-state index in [1.54, 1.807) is 12.3 Å². The Morgan fingerprint density at radius 1 is 1.16 bits per heavy atom. The first-order chi connectivity index (χ1) is 12.1. The predicted molar refractivity (Wildman–Crippen MR) is 105 cm³/mol. The summed E-state index contributed by atoms with van der Waals surface area (Å²) in [6.07, 6.45) is 2.85. The van der Waals surface area contributed by atoms with Crippen molar-refractivity contribution in [1.82, 2.24) is 9.88 Å². The van der Waals surface area contributed by atoms with Crippen molar-refractivity contribution in [2.45, 2.75) is 19.9 Å². The molecule has 0 atom stereocenters. The highest BCUT2D eigenvalue weighted by Gasteiger charge is 2.08. The lowest BCUT2D eigenvalue weighted by molar-refractivity contribution is 0.321. The van der Waals surface area contributed by atoms with Gasteiger partial charge in [0.25, 0.3) is 0 Å². The molecule has 1 aromatic heterocycles. The molecule has 0 unspecified atom stereocenters. The average Bonchev–Trinajstić information content (AvgIpc) is 2.58. The van der Waals surface area contributed by atoms with Gasteiger partial charge in [0, 0.05) is 40.1 Å². The van der Waals surface area contributed by atoms with E-state index in [0.717, 1.165) is 40.8 Å². The number of benzene rings is 2. The van der Waals surface area contributed by atoms with Crippen molar-refractivity contribution >= 4 is 33.9 Å². The van der Waals surface area contributed by atoms with Gasteiger partial charge in [0.05, 0.1) is 5.52 Å². The van der Waals surface area contributed by atoms with Gasteiger partial charge in [-0.05, 0) is 62.5 Å². The fourth-order valence-electron chi connectivity index (χ4n) is 2.93. The summed E-state index contributed by atoms with van der Waals surface area (Å²) in [4.78, 5) is 6.56. The topological polar surface area (TPSA) is 48.4 Å². The summed E-state index contributed by atoms with van der Waals surface area (Å²) in [6.45, 7) is 3.85. The first-order valence-electron chi connectivity index (χ1n) is 8.38. The van der Waals surface area contributed by atoms with Crippen LogP contribution in [0.3, 0.4) is 0 Å². The molecule has 0 aliphatic rings. The Bertz CT molecular complexity index is 882. The highest BCUT2D eigenvalue weighted by Crippen LogP contribution is 2.29. The van der Waals surface area contributed by atoms with E-state index in [9.17, 15) is 5.11 Å². The first-order valence-corrected chi connectivity index (χ1v) is 8.76. The van der Waals surface area contributed by atoms with Crippen LogP contribution in [0, 0.1) is 0 Å². The molecule has 25 heavy (non-hydrogen) atoms. The third-order valence-electron chi connectivity index (χ3n) is 4.11. The number of anilines is 2. The predicted octanol–water partition coefficient (Wildman–Crippen LogP) is 5.18. The molecule has 4 nitrogen and oxygen atoms in total. The average molecular weight is 356 g/mol. The summed E-state index contributed by atoms with van der Waals surface area (Å²) >= 11 is 6.05. The number of nitrogens with one attached hydrogen (secondary N) is 1. The number of fused-ring (bicyclic) bond motifs is 1. The lowest BCUT2D eigenvalue weighted by atomic mass is 10.1. The summed E-state index contributed by atoms with van der Waals surface area (Å²) < 4.78 is 0. The Labute approximate surface area is 153 Å². The fraction of sp³-hybridized carbons (Fsp3) is 0.250. The summed E-state index contributed by atoms with van der Waals surface area (Å²) in [5, 5.41) is 15.2. The van der Waals surface area contributed by atoms with Crippen LogP contribution in [0.2, 0.25) is 5.02 Å². The molecule has 0 aliphatic carbocycles. The van der Waals surface area contributed by atoms with Crippen LogP contribution in [0.5, 0.6) is 5.75 Å². The van der Waals surface area contributed by atoms with E-state index in [2.05, 4.69) is 29.2 Å². The number of nitrogens with zero attached hydrogens (tertiary/aromatic N) is 2. The minimum atomic E-state index is 0.319. The smallest absolute Gasteiger partial charge is 0.120 e. The van der Waals surface area contributed by atoms with E-state index >= 15 is 0 Å². The maximum atomic E-state index is 10.1. The lowest BCUT2D eigenvalue weighted by Gasteiger charge is -2.17. The minimum absolute atomic E-state index is 0.319. The number of aromatic nitrogens is 1. The van der Waals surface area contributed by atoms with Crippen molar-refractivity contribution in [3.8, 4) is 5.75 Å². The van der Waals surface area contributed by atoms with Gasteiger partial charge < -0.3 is 15.3 Å². The second kappa shape index (κ2) is 7.72. The number of phenols is 1. The molecule has 5 heteroatoms. The van der Waals surface area contributed by atoms with E-state index in [0.29, 0.717) is 17.3 Å². The highest BCUT2D eigenvalue weighted by atomic mass is 35.5. The molecule has 3 aromatic rings. The Hall–Kier alpha value is -2.30. The van der Waals surface area contributed by atoms with Gasteiger partial charge in [-0.25, -0.2) is 0 Å². The first kappa shape index (κ1) is 17.5. The zero-order valence-corrected chi connectivity index (χ0v) is 15.2. The highest BCUT2D eigenvalue weighted by molar-refractivity contribution is 6.31. The fourth-order valence-corrected chi connectivity index (χ4v) is 3.09. The second-order valence-corrected chi connectivity index (χ2v) is 6.66. The molecule has 0 saturated heterocycles. The quantitative estimate of drug-likeness (QED) is 0.598. The molecular formula is C20H22ClN3O. The van der Waals surface area contributed by atoms with Crippen molar-refractivity contribution in [3.63, 3.8) is 0 Å². The van der Waals surface area contributed by atoms with Crippen LogP contribution in [0.25, 0.3) is 10.9 Å². The van der Waals surface area contributed by atoms with Crippen molar-refractivity contribution in [1.29, 1.82) is 0 Å². The molecule has 130 valence electrons. The molecule has 0 amide bonds. The largest absolute Gasteiger partial charge is 0.508 e. The molecule has 0 bridgehead atoms. The summed E-state index contributed by atoms with van der Waals surface area (Å²) in [5.74, 6) is 0.319. The van der Waals surface area contributed by atoms with Crippen molar-refractivity contribution in [2.24, 2.45) is 0 Å². The lowest BCUT2D eigenvalue weighted by Crippen LogP contribution is -2.18. The van der Waals surface area contributed by atoms with E-state index < -0.39 is 0 Å². The third-order valence-corrected chi connectivity index (χ3v) is 4.34. The third kappa shape index (κ3) is 4.21. The van der Waals surface area contributed by atoms with Crippen LogP contribution in [0.15, 0.2) is 48.7 Å². The summed E-state index contributed by atoms with van der Waals surface area (Å²) in [5.41, 5.74) is 3.64. The molecular weight excluding hydrogens is 334 g/mol. The van der Waals surface area contributed by atoms with Crippen LogP contribution in [-0.4, -0.2) is 28.6 Å². The van der Waals surface area contributed by atoms with Gasteiger partial charge in [-0.2, -0.15) is 0 Å². The zero-order chi connectivity index (χ0) is 17.8. The van der Waals surface area contributed by atoms with Gasteiger partial charge in [0.15, 0.2) is 0 Å². The van der Waals surface area contributed by atoms with Crippen molar-refractivity contribution < 1.29 is 5.11 Å². The molecule has 0 spiro atoms. The van der Waals surface area contributed by atoms with Gasteiger partial charge in [-0.1, -0.05) is 18.5 Å². The second-order valence-electron chi connectivity index (χ2n) is 6.23. The molecule has 3 rings (SSSR count). The van der Waals surface area contributed by atoms with Crippen LogP contribution in [-0.2, 0) is 6.54 Å². The maximum Gasteiger partial charge on any atom is 0.120 e. The Kier molecular flexibility index (Phi) is 5.41. The van der Waals surface area contributed by atoms with Gasteiger partial charge in [0.2, 0.25) is 0 Å². The SMILES string of the molecule is CCCN(C)Cc1cc(Nc2ccnc3cc(Cl)ccc23)ccc1O. The van der Waals surface area contributed by atoms with E-state index in [1.807, 2.05) is 36.4 Å². The van der Waals surface area contributed by atoms with Gasteiger partial charge in [0.1, 0.15) is 5.75 Å². The van der Waals surface area contributed by atoms with Crippen LogP contribution in [0.1, 0.15) is 18.9 Å². The van der Waals surface area contributed by atoms with Gasteiger partial charge in [-0.3, -0.25) is 4.98 Å². The van der Waals surface area contributed by atoms with E-state index in [-0.39, 0.29) is 0 Å². The number of hydrogen-bond donors (Lipinski definition) is 2. The standard InChI is InChI=1S/C20H22ClN3O/c1-3-10-24(2)13-14-11-16(5-7-20(14)25)23-18-8-9-22-19-12-15(21)4-6-17(18)19/h4-9,11-12,25H,3,10,13H2,1-2H3,(H,22,23). The zero-order valence-electron chi connectivity index (χ0n) is 14.5. The van der Waals surface area contributed by atoms with Crippen LogP contribution in [0.4, 0.5) is 11.4 Å². The van der Waals surface area contributed by atoms with E-state index in [4.69, 9.17) is 11.6 Å². The van der Waals surface area contributed by atoms with Crippen molar-refractivity contribution in [3.05, 3.63) is 59.2 Å². The van der Waals surface area contributed by atoms with Crippen molar-refractivity contribution in [2.75, 3.05) is 18.9 Å². The maximum absolute atomic E-state index is 10.1. The molecule has 0 saturated carbocycles. The number of rotatable bonds is 6. The molecule has 2 N–H and O–H groups in total. The summed E-state index contributed by atoms with van der Waals surface area (Å²) in [6, 6.07) is 13.2. The Morgan fingerprint density at radius 3 is 2.80 bits per heavy atom. The van der Waals surface area contributed by atoms with Gasteiger partial charge in [-0.15, -0.1) is 0 Å². The number of halogens is 1. The van der Waals surface area contributed by atoms with Crippen LogP contribution >= 0.6 is 11.6 Å². The number of aromatic hydroxyl groups is 1. The minimum Gasteiger partial charge on any atom is -0.508 e. The Morgan fingerprint density at radius 2 is 2.00 bits per heavy atom. The monoisotopic (exact) mass is 355 g/mol. The molecule has 0 aliphatic heterocycles. The normalized spacial score (nSPS) is 11.2. The molecule has 0 radical (unpaired) electrons. The molecule has 2 aromatic carbocycles. The Balaban J connectivity index is 1.88. The number of pyridine rings is 1.